The lowest BCUT2D eigenvalue weighted by Crippen LogP contribution is -2.46. The first kappa shape index (κ1) is 14.3. The minimum Gasteiger partial charge on any atom is -0.381 e. The molecule has 3 heteroatoms. The zero-order valence-corrected chi connectivity index (χ0v) is 11.9. The van der Waals surface area contributed by atoms with Crippen molar-refractivity contribution in [3.05, 3.63) is 0 Å². The third-order valence-electron chi connectivity index (χ3n) is 4.81. The van der Waals surface area contributed by atoms with Gasteiger partial charge in [0.25, 0.3) is 0 Å². The topological polar surface area (TPSA) is 38.5 Å². The highest BCUT2D eigenvalue weighted by molar-refractivity contribution is 4.87. The number of nitrogens with two attached hydrogens (primary N) is 1. The largest absolute Gasteiger partial charge is 0.381 e. The Morgan fingerprint density at radius 3 is 2.44 bits per heavy atom. The molecule has 2 aliphatic carbocycles. The number of nitrogens with zero attached hydrogens (tertiary/aromatic N) is 1. The lowest BCUT2D eigenvalue weighted by Gasteiger charge is -2.40. The van der Waals surface area contributed by atoms with Gasteiger partial charge < -0.3 is 10.5 Å². The molecule has 0 aromatic heterocycles. The molecule has 106 valence electrons. The van der Waals surface area contributed by atoms with Crippen molar-refractivity contribution in [1.29, 1.82) is 0 Å². The molecule has 2 N–H and O–H groups in total. The number of rotatable bonds is 6. The van der Waals surface area contributed by atoms with Crippen LogP contribution in [0.2, 0.25) is 0 Å². The van der Waals surface area contributed by atoms with Gasteiger partial charge in [0, 0.05) is 19.2 Å². The Morgan fingerprint density at radius 2 is 1.78 bits per heavy atom. The molecule has 2 atom stereocenters. The average Bonchev–Trinajstić information content (AvgIpc) is 2.93. The summed E-state index contributed by atoms with van der Waals surface area (Å²) in [6.45, 7) is 2.02. The van der Waals surface area contributed by atoms with Crippen LogP contribution in [0, 0.1) is 0 Å². The first-order valence-corrected chi connectivity index (χ1v) is 7.83. The van der Waals surface area contributed by atoms with Crippen LogP contribution in [0.15, 0.2) is 0 Å². The lowest BCUT2D eigenvalue weighted by molar-refractivity contribution is 0.0145. The van der Waals surface area contributed by atoms with Gasteiger partial charge in [0.15, 0.2) is 0 Å². The van der Waals surface area contributed by atoms with E-state index in [4.69, 9.17) is 10.5 Å². The molecule has 0 spiro atoms. The van der Waals surface area contributed by atoms with Crippen molar-refractivity contribution < 1.29 is 4.74 Å². The van der Waals surface area contributed by atoms with E-state index in [0.717, 1.165) is 25.0 Å². The summed E-state index contributed by atoms with van der Waals surface area (Å²) < 4.78 is 5.59. The van der Waals surface area contributed by atoms with Gasteiger partial charge in [-0.15, -0.1) is 0 Å². The summed E-state index contributed by atoms with van der Waals surface area (Å²) >= 11 is 0. The van der Waals surface area contributed by atoms with Crippen molar-refractivity contribution >= 4 is 0 Å². The second-order valence-corrected chi connectivity index (χ2v) is 6.00. The average molecular weight is 254 g/mol. The minimum absolute atomic E-state index is 0.491. The van der Waals surface area contributed by atoms with Crippen LogP contribution in [-0.4, -0.2) is 43.3 Å². The van der Waals surface area contributed by atoms with Crippen LogP contribution in [0.5, 0.6) is 0 Å². The van der Waals surface area contributed by atoms with Crippen molar-refractivity contribution in [1.82, 2.24) is 4.90 Å². The van der Waals surface area contributed by atoms with E-state index in [2.05, 4.69) is 4.90 Å². The van der Waals surface area contributed by atoms with Crippen LogP contribution in [-0.2, 0) is 4.74 Å². The number of methoxy groups -OCH3 is 1. The van der Waals surface area contributed by atoms with Gasteiger partial charge in [-0.1, -0.05) is 12.8 Å². The Hall–Kier alpha value is -0.120. The molecule has 0 aliphatic heterocycles. The summed E-state index contributed by atoms with van der Waals surface area (Å²) in [4.78, 5) is 2.78. The molecule has 2 unspecified atom stereocenters. The second kappa shape index (κ2) is 7.46. The first-order valence-electron chi connectivity index (χ1n) is 7.83. The predicted octanol–water partition coefficient (Wildman–Crippen LogP) is 2.54. The Labute approximate surface area is 112 Å². The van der Waals surface area contributed by atoms with Crippen LogP contribution in [0.25, 0.3) is 0 Å². The van der Waals surface area contributed by atoms with Crippen molar-refractivity contribution in [3.8, 4) is 0 Å². The van der Waals surface area contributed by atoms with E-state index in [-0.39, 0.29) is 0 Å². The van der Waals surface area contributed by atoms with Gasteiger partial charge in [0.1, 0.15) is 0 Å². The summed E-state index contributed by atoms with van der Waals surface area (Å²) in [6.07, 6.45) is 12.5. The molecule has 0 bridgehead atoms. The van der Waals surface area contributed by atoms with Crippen molar-refractivity contribution in [3.63, 3.8) is 0 Å². The molecule has 2 fully saturated rings. The third kappa shape index (κ3) is 3.69. The molecule has 0 aromatic rings. The summed E-state index contributed by atoms with van der Waals surface area (Å²) in [5.74, 6) is 0. The van der Waals surface area contributed by atoms with E-state index >= 15 is 0 Å². The zero-order valence-electron chi connectivity index (χ0n) is 11.9. The van der Waals surface area contributed by atoms with Gasteiger partial charge in [-0.3, -0.25) is 4.90 Å². The maximum Gasteiger partial charge on any atom is 0.0586 e. The molecular weight excluding hydrogens is 224 g/mol. The highest BCUT2D eigenvalue weighted by Crippen LogP contribution is 2.31. The monoisotopic (exact) mass is 254 g/mol. The minimum atomic E-state index is 0.491. The second-order valence-electron chi connectivity index (χ2n) is 6.00. The quantitative estimate of drug-likeness (QED) is 0.791. The van der Waals surface area contributed by atoms with E-state index in [1.165, 1.54) is 57.9 Å². The van der Waals surface area contributed by atoms with Crippen LogP contribution in [0.3, 0.4) is 0 Å². The molecule has 0 aromatic carbocycles. The first-order chi connectivity index (χ1) is 8.85. The summed E-state index contributed by atoms with van der Waals surface area (Å²) in [7, 11) is 1.87. The van der Waals surface area contributed by atoms with Gasteiger partial charge in [-0.2, -0.15) is 0 Å². The molecule has 0 radical (unpaired) electrons. The highest BCUT2D eigenvalue weighted by Gasteiger charge is 2.31. The van der Waals surface area contributed by atoms with Crippen LogP contribution in [0.4, 0.5) is 0 Å². The van der Waals surface area contributed by atoms with E-state index < -0.39 is 0 Å². The van der Waals surface area contributed by atoms with Crippen molar-refractivity contribution in [2.75, 3.05) is 20.2 Å². The SMILES string of the molecule is COC1CCCC(N(CCCN)C2CCCC2)C1. The summed E-state index contributed by atoms with van der Waals surface area (Å²) in [6, 6.07) is 1.58. The lowest BCUT2D eigenvalue weighted by atomic mass is 9.90. The van der Waals surface area contributed by atoms with Gasteiger partial charge in [-0.05, 0) is 58.0 Å². The van der Waals surface area contributed by atoms with E-state index in [0.29, 0.717) is 6.10 Å². The third-order valence-corrected chi connectivity index (χ3v) is 4.81. The van der Waals surface area contributed by atoms with E-state index in [1.807, 2.05) is 7.11 Å². The Morgan fingerprint density at radius 1 is 1.06 bits per heavy atom. The molecular formula is C15H30N2O. The number of ether oxygens (including phenoxy) is 1. The highest BCUT2D eigenvalue weighted by atomic mass is 16.5. The van der Waals surface area contributed by atoms with Gasteiger partial charge in [0.2, 0.25) is 0 Å². The van der Waals surface area contributed by atoms with E-state index in [9.17, 15) is 0 Å². The van der Waals surface area contributed by atoms with Gasteiger partial charge in [0.05, 0.1) is 6.10 Å². The molecule has 0 heterocycles. The normalized spacial score (nSPS) is 30.2. The molecule has 18 heavy (non-hydrogen) atoms. The van der Waals surface area contributed by atoms with Crippen molar-refractivity contribution in [2.24, 2.45) is 5.73 Å². The zero-order chi connectivity index (χ0) is 12.8. The smallest absolute Gasteiger partial charge is 0.0586 e. The van der Waals surface area contributed by atoms with Gasteiger partial charge >= 0.3 is 0 Å². The predicted molar refractivity (Wildman–Crippen MR) is 75.7 cm³/mol. The number of hydrogen-bond donors (Lipinski definition) is 1. The van der Waals surface area contributed by atoms with Crippen LogP contribution >= 0.6 is 0 Å². The standard InChI is InChI=1S/C15H30N2O/c1-18-15-9-4-8-14(12-15)17(11-5-10-16)13-6-2-3-7-13/h13-15H,2-12,16H2,1H3. The molecule has 2 saturated carbocycles. The maximum atomic E-state index is 5.71. The van der Waals surface area contributed by atoms with Gasteiger partial charge in [-0.25, -0.2) is 0 Å². The fraction of sp³-hybridized carbons (Fsp3) is 1.00. The molecule has 3 nitrogen and oxygen atoms in total. The summed E-state index contributed by atoms with van der Waals surface area (Å²) in [5, 5.41) is 0. The Kier molecular flexibility index (Phi) is 5.93. The summed E-state index contributed by atoms with van der Waals surface area (Å²) in [5.41, 5.74) is 5.71. The van der Waals surface area contributed by atoms with Crippen LogP contribution < -0.4 is 5.73 Å². The fourth-order valence-electron chi connectivity index (χ4n) is 3.81. The molecule has 0 amide bonds. The maximum absolute atomic E-state index is 5.71. The molecule has 2 aliphatic rings. The molecule has 2 rings (SSSR count). The Bertz CT molecular complexity index is 229. The Balaban J connectivity index is 1.93. The van der Waals surface area contributed by atoms with Crippen LogP contribution in [0.1, 0.15) is 57.8 Å². The van der Waals surface area contributed by atoms with Crippen molar-refractivity contribution in [2.45, 2.75) is 76.0 Å². The fourth-order valence-corrected chi connectivity index (χ4v) is 3.81. The van der Waals surface area contributed by atoms with E-state index in [1.54, 1.807) is 0 Å². The number of hydrogen-bond acceptors (Lipinski definition) is 3. The molecule has 0 saturated heterocycles.